The number of halogens is 1. The van der Waals surface area contributed by atoms with Crippen molar-refractivity contribution < 1.29 is 39.4 Å². The second-order valence-electron chi connectivity index (χ2n) is 8.37. The Labute approximate surface area is 197 Å². The van der Waals surface area contributed by atoms with Crippen molar-refractivity contribution >= 4 is 11.6 Å². The molecular formula is C24H29ClO8. The van der Waals surface area contributed by atoms with Crippen LogP contribution < -0.4 is 4.74 Å². The molecule has 9 heteroatoms. The quantitative estimate of drug-likeness (QED) is 0.469. The second kappa shape index (κ2) is 10.2. The summed E-state index contributed by atoms with van der Waals surface area (Å²) in [4.78, 5) is 0. The lowest BCUT2D eigenvalue weighted by atomic mass is 9.87. The van der Waals surface area contributed by atoms with Gasteiger partial charge in [0.15, 0.2) is 0 Å². The van der Waals surface area contributed by atoms with Crippen molar-refractivity contribution in [2.45, 2.75) is 49.1 Å². The molecule has 6 atom stereocenters. The molecule has 0 aliphatic carbocycles. The number of aliphatic hydroxyl groups excluding tert-OH is 4. The Morgan fingerprint density at radius 3 is 2.48 bits per heavy atom. The van der Waals surface area contributed by atoms with Gasteiger partial charge in [0.2, 0.25) is 5.79 Å². The molecule has 0 bridgehead atoms. The van der Waals surface area contributed by atoms with Crippen molar-refractivity contribution in [2.24, 2.45) is 0 Å². The van der Waals surface area contributed by atoms with Gasteiger partial charge in [0.05, 0.1) is 19.8 Å². The van der Waals surface area contributed by atoms with Crippen LogP contribution in [0.5, 0.6) is 5.75 Å². The van der Waals surface area contributed by atoms with Crippen LogP contribution in [0.4, 0.5) is 0 Å². The molecule has 2 aliphatic heterocycles. The molecule has 0 spiro atoms. The molecule has 2 saturated heterocycles. The van der Waals surface area contributed by atoms with E-state index >= 15 is 0 Å². The van der Waals surface area contributed by atoms with Crippen molar-refractivity contribution in [3.63, 3.8) is 0 Å². The molecule has 4 rings (SSSR count). The summed E-state index contributed by atoms with van der Waals surface area (Å²) in [7, 11) is 1.32. The third-order valence-corrected chi connectivity index (χ3v) is 6.58. The zero-order chi connectivity index (χ0) is 23.6. The van der Waals surface area contributed by atoms with Crippen LogP contribution in [0.3, 0.4) is 0 Å². The van der Waals surface area contributed by atoms with Gasteiger partial charge in [-0.1, -0.05) is 29.8 Å². The third-order valence-electron chi connectivity index (χ3n) is 6.21. The van der Waals surface area contributed by atoms with Crippen molar-refractivity contribution in [3.05, 3.63) is 64.2 Å². The Balaban J connectivity index is 1.57. The topological polar surface area (TPSA) is 118 Å². The Morgan fingerprint density at radius 1 is 1.09 bits per heavy atom. The van der Waals surface area contributed by atoms with Gasteiger partial charge in [0, 0.05) is 24.1 Å². The van der Waals surface area contributed by atoms with Crippen molar-refractivity contribution in [2.75, 3.05) is 26.9 Å². The first-order valence-corrected chi connectivity index (χ1v) is 11.3. The number of methoxy groups -OCH3 is 1. The van der Waals surface area contributed by atoms with E-state index in [-0.39, 0.29) is 6.10 Å². The first-order chi connectivity index (χ1) is 15.9. The minimum atomic E-state index is -1.79. The van der Waals surface area contributed by atoms with E-state index in [1.54, 1.807) is 18.2 Å². The summed E-state index contributed by atoms with van der Waals surface area (Å²) >= 11 is 6.45. The Bertz CT molecular complexity index is 931. The van der Waals surface area contributed by atoms with Gasteiger partial charge >= 0.3 is 0 Å². The SMILES string of the molecule is CO[C@@]1(c2ccc(Cl)c(Cc3ccc(O[C@H]4CCOC4)cc3)c2)O[C@H](CO)[C@@H](O)C(O)C1O. The van der Waals surface area contributed by atoms with Crippen molar-refractivity contribution in [1.29, 1.82) is 0 Å². The number of hydrogen-bond acceptors (Lipinski definition) is 8. The van der Waals surface area contributed by atoms with E-state index in [2.05, 4.69) is 0 Å². The molecule has 2 aliphatic rings. The predicted molar refractivity (Wildman–Crippen MR) is 119 cm³/mol. The smallest absolute Gasteiger partial charge is 0.224 e. The van der Waals surface area contributed by atoms with E-state index in [1.165, 1.54) is 7.11 Å². The van der Waals surface area contributed by atoms with Crippen LogP contribution in [-0.2, 0) is 26.4 Å². The molecule has 2 unspecified atom stereocenters. The molecule has 0 aromatic heterocycles. The lowest BCUT2D eigenvalue weighted by Crippen LogP contribution is -2.64. The fourth-order valence-electron chi connectivity index (χ4n) is 4.30. The first-order valence-electron chi connectivity index (χ1n) is 10.9. The largest absolute Gasteiger partial charge is 0.488 e. The summed E-state index contributed by atoms with van der Waals surface area (Å²) in [6.45, 7) is 0.758. The summed E-state index contributed by atoms with van der Waals surface area (Å²) < 4.78 is 22.5. The van der Waals surface area contributed by atoms with Gasteiger partial charge < -0.3 is 39.4 Å². The summed E-state index contributed by atoms with van der Waals surface area (Å²) in [5.74, 6) is -1.01. The van der Waals surface area contributed by atoms with Crippen molar-refractivity contribution in [3.8, 4) is 5.75 Å². The molecule has 2 aromatic carbocycles. The molecule has 2 aromatic rings. The zero-order valence-electron chi connectivity index (χ0n) is 18.3. The van der Waals surface area contributed by atoms with Crippen LogP contribution in [0.15, 0.2) is 42.5 Å². The zero-order valence-corrected chi connectivity index (χ0v) is 19.0. The number of ether oxygens (including phenoxy) is 4. The maximum absolute atomic E-state index is 10.7. The molecule has 4 N–H and O–H groups in total. The highest BCUT2D eigenvalue weighted by Crippen LogP contribution is 2.40. The Morgan fingerprint density at radius 2 is 1.85 bits per heavy atom. The van der Waals surface area contributed by atoms with Crippen LogP contribution >= 0.6 is 11.6 Å². The Kier molecular flexibility index (Phi) is 7.57. The van der Waals surface area contributed by atoms with E-state index in [4.69, 9.17) is 30.5 Å². The normalized spacial score (nSPS) is 32.1. The lowest BCUT2D eigenvalue weighted by Gasteiger charge is -2.47. The number of hydrogen-bond donors (Lipinski definition) is 4. The molecule has 0 saturated carbocycles. The van der Waals surface area contributed by atoms with Gasteiger partial charge in [-0.15, -0.1) is 0 Å². The van der Waals surface area contributed by atoms with E-state index in [0.717, 1.165) is 23.3 Å². The summed E-state index contributed by atoms with van der Waals surface area (Å²) in [5.41, 5.74) is 2.15. The summed E-state index contributed by atoms with van der Waals surface area (Å²) in [5, 5.41) is 41.3. The predicted octanol–water partition coefficient (Wildman–Crippen LogP) is 1.37. The Hall–Kier alpha value is -1.75. The van der Waals surface area contributed by atoms with Crippen molar-refractivity contribution in [1.82, 2.24) is 0 Å². The van der Waals surface area contributed by atoms with Crippen LogP contribution in [-0.4, -0.2) is 77.9 Å². The minimum absolute atomic E-state index is 0.0748. The van der Waals surface area contributed by atoms with Gasteiger partial charge in [-0.2, -0.15) is 0 Å². The number of aliphatic hydroxyl groups is 4. The summed E-state index contributed by atoms with van der Waals surface area (Å²) in [6, 6.07) is 12.7. The highest BCUT2D eigenvalue weighted by molar-refractivity contribution is 6.31. The average Bonchev–Trinajstić information content (AvgIpc) is 3.34. The third kappa shape index (κ3) is 4.89. The first kappa shape index (κ1) is 24.4. The fourth-order valence-corrected chi connectivity index (χ4v) is 4.48. The highest BCUT2D eigenvalue weighted by atomic mass is 35.5. The van der Waals surface area contributed by atoms with E-state index in [1.807, 2.05) is 24.3 Å². The standard InChI is InChI=1S/C24H29ClO8/c1-30-24(23(29)22(28)21(27)20(12-26)33-24)16-4-7-19(25)15(11-16)10-14-2-5-17(6-3-14)32-18-8-9-31-13-18/h2-7,11,18,20-23,26-29H,8-10,12-13H2,1H3/t18-,20+,21+,22?,23?,24-/m0/s1. The molecule has 2 heterocycles. The highest BCUT2D eigenvalue weighted by Gasteiger charge is 2.55. The maximum Gasteiger partial charge on any atom is 0.224 e. The molecular weight excluding hydrogens is 452 g/mol. The summed E-state index contributed by atoms with van der Waals surface area (Å²) in [6.07, 6.45) is -4.33. The lowest BCUT2D eigenvalue weighted by molar-refractivity contribution is -0.366. The molecule has 2 fully saturated rings. The van der Waals surface area contributed by atoms with Crippen LogP contribution in [0.2, 0.25) is 5.02 Å². The average molecular weight is 481 g/mol. The molecule has 0 radical (unpaired) electrons. The monoisotopic (exact) mass is 480 g/mol. The van der Waals surface area contributed by atoms with E-state index in [0.29, 0.717) is 30.2 Å². The van der Waals surface area contributed by atoms with Crippen LogP contribution in [0.1, 0.15) is 23.1 Å². The molecule has 33 heavy (non-hydrogen) atoms. The minimum Gasteiger partial charge on any atom is -0.488 e. The number of rotatable bonds is 7. The van der Waals surface area contributed by atoms with Gasteiger partial charge in [0.25, 0.3) is 0 Å². The second-order valence-corrected chi connectivity index (χ2v) is 8.77. The number of benzene rings is 2. The van der Waals surface area contributed by atoms with Gasteiger partial charge in [-0.25, -0.2) is 0 Å². The van der Waals surface area contributed by atoms with Crippen LogP contribution in [0, 0.1) is 0 Å². The molecule has 180 valence electrons. The van der Waals surface area contributed by atoms with E-state index in [9.17, 15) is 20.4 Å². The van der Waals surface area contributed by atoms with Gasteiger partial charge in [-0.05, 0) is 41.8 Å². The van der Waals surface area contributed by atoms with Crippen LogP contribution in [0.25, 0.3) is 0 Å². The van der Waals surface area contributed by atoms with Gasteiger partial charge in [0.1, 0.15) is 36.3 Å². The molecule has 8 nitrogen and oxygen atoms in total. The van der Waals surface area contributed by atoms with Gasteiger partial charge in [-0.3, -0.25) is 0 Å². The fraction of sp³-hybridized carbons (Fsp3) is 0.500. The molecule has 0 amide bonds. The maximum atomic E-state index is 10.7. The van der Waals surface area contributed by atoms with E-state index < -0.39 is 36.8 Å².